The molecule has 1 aromatic heterocycles. The Hall–Kier alpha value is -3.53. The predicted octanol–water partition coefficient (Wildman–Crippen LogP) is 6.78. The lowest BCUT2D eigenvalue weighted by molar-refractivity contribution is 0.0924. The van der Waals surface area contributed by atoms with Gasteiger partial charge in [-0.3, -0.25) is 4.79 Å². The Morgan fingerprint density at radius 1 is 1.19 bits per heavy atom. The molecule has 0 saturated carbocycles. The molecule has 1 amide bonds. The smallest absolute Gasteiger partial charge is 0.287 e. The van der Waals surface area contributed by atoms with Gasteiger partial charge in [0.1, 0.15) is 11.3 Å². The highest BCUT2D eigenvalue weighted by atomic mass is 35.5. The Morgan fingerprint density at radius 3 is 2.72 bits per heavy atom. The van der Waals surface area contributed by atoms with E-state index < -0.39 is 11.7 Å². The minimum absolute atomic E-state index is 0.0317. The minimum atomic E-state index is -0.738. The number of fused-ring (bicyclic) bond motifs is 1. The third-order valence-electron chi connectivity index (χ3n) is 4.84. The number of nitrogens with zero attached hydrogens (tertiary/aromatic N) is 1. The monoisotopic (exact) mass is 468 g/mol. The van der Waals surface area contributed by atoms with Crippen molar-refractivity contribution in [3.8, 4) is 17.6 Å². The van der Waals surface area contributed by atoms with E-state index >= 15 is 4.39 Å². The number of halogens is 3. The van der Waals surface area contributed by atoms with Crippen molar-refractivity contribution < 1.29 is 18.3 Å². The maximum absolute atomic E-state index is 15.1. The first-order chi connectivity index (χ1) is 15.4. The lowest BCUT2D eigenvalue weighted by Crippen LogP contribution is -2.23. The van der Waals surface area contributed by atoms with E-state index in [0.717, 1.165) is 5.39 Å². The zero-order valence-corrected chi connectivity index (χ0v) is 18.2. The molecule has 5 nitrogen and oxygen atoms in total. The van der Waals surface area contributed by atoms with E-state index in [2.05, 4.69) is 5.32 Å². The summed E-state index contributed by atoms with van der Waals surface area (Å²) in [5, 5.41) is 12.9. The Kier molecular flexibility index (Phi) is 6.04. The topological polar surface area (TPSA) is 75.3 Å². The minimum Gasteiger partial charge on any atom is -0.453 e. The van der Waals surface area contributed by atoms with Gasteiger partial charge in [-0.25, -0.2) is 4.39 Å². The molecular formula is C24H15Cl2FN2O3. The number of benzene rings is 3. The maximum atomic E-state index is 15.1. The molecule has 160 valence electrons. The highest BCUT2D eigenvalue weighted by Crippen LogP contribution is 2.35. The van der Waals surface area contributed by atoms with Gasteiger partial charge in [-0.05, 0) is 37.3 Å². The fourth-order valence-electron chi connectivity index (χ4n) is 3.25. The molecule has 0 aliphatic carbocycles. The SMILES string of the molecule is Cc1c(C(=O)NCc2ccc(Cl)c(Oc3cc(Cl)cc(C#N)c3)c2F)oc2ccccc12. The van der Waals surface area contributed by atoms with E-state index in [9.17, 15) is 4.79 Å². The van der Waals surface area contributed by atoms with Crippen molar-refractivity contribution in [3.05, 3.63) is 92.9 Å². The molecule has 0 radical (unpaired) electrons. The highest BCUT2D eigenvalue weighted by molar-refractivity contribution is 6.32. The molecule has 8 heteroatoms. The largest absolute Gasteiger partial charge is 0.453 e. The number of nitrogens with one attached hydrogen (secondary N) is 1. The quantitative estimate of drug-likeness (QED) is 0.350. The van der Waals surface area contributed by atoms with Crippen LogP contribution in [0.1, 0.15) is 27.2 Å². The van der Waals surface area contributed by atoms with Crippen molar-refractivity contribution in [1.82, 2.24) is 5.32 Å². The van der Waals surface area contributed by atoms with E-state index in [1.165, 1.54) is 30.3 Å². The number of carbonyl (C=O) groups is 1. The van der Waals surface area contributed by atoms with Crippen LogP contribution in [0.15, 0.2) is 59.0 Å². The first-order valence-corrected chi connectivity index (χ1v) is 10.2. The number of furan rings is 1. The molecule has 1 heterocycles. The molecule has 0 bridgehead atoms. The zero-order chi connectivity index (χ0) is 22.8. The van der Waals surface area contributed by atoms with Crippen LogP contribution in [0.5, 0.6) is 11.5 Å². The van der Waals surface area contributed by atoms with E-state index in [-0.39, 0.29) is 45.0 Å². The van der Waals surface area contributed by atoms with Gasteiger partial charge in [0.15, 0.2) is 17.3 Å². The Morgan fingerprint density at radius 2 is 1.97 bits per heavy atom. The number of rotatable bonds is 5. The fraction of sp³-hybridized carbons (Fsp3) is 0.0833. The number of hydrogen-bond donors (Lipinski definition) is 1. The summed E-state index contributed by atoms with van der Waals surface area (Å²) in [6.07, 6.45) is 0. The molecular weight excluding hydrogens is 454 g/mol. The van der Waals surface area contributed by atoms with E-state index in [1.807, 2.05) is 24.3 Å². The average molecular weight is 469 g/mol. The third-order valence-corrected chi connectivity index (χ3v) is 5.35. The van der Waals surface area contributed by atoms with Gasteiger partial charge in [0.2, 0.25) is 0 Å². The van der Waals surface area contributed by atoms with Gasteiger partial charge in [-0.1, -0.05) is 47.5 Å². The summed E-state index contributed by atoms with van der Waals surface area (Å²) >= 11 is 12.1. The summed E-state index contributed by atoms with van der Waals surface area (Å²) in [5.74, 6) is -1.11. The molecule has 0 unspecified atom stereocenters. The first kappa shape index (κ1) is 21.7. The second-order valence-corrected chi connectivity index (χ2v) is 7.82. The molecule has 0 aliphatic heterocycles. The van der Waals surface area contributed by atoms with Crippen LogP contribution in [0.2, 0.25) is 10.0 Å². The predicted molar refractivity (Wildman–Crippen MR) is 120 cm³/mol. The van der Waals surface area contributed by atoms with Crippen LogP contribution in [0.3, 0.4) is 0 Å². The van der Waals surface area contributed by atoms with E-state index in [4.69, 9.17) is 37.6 Å². The van der Waals surface area contributed by atoms with Crippen molar-refractivity contribution in [1.29, 1.82) is 5.26 Å². The van der Waals surface area contributed by atoms with Gasteiger partial charge in [0.25, 0.3) is 5.91 Å². The van der Waals surface area contributed by atoms with Gasteiger partial charge < -0.3 is 14.5 Å². The number of aryl methyl sites for hydroxylation is 1. The van der Waals surface area contributed by atoms with Crippen LogP contribution in [-0.4, -0.2) is 5.91 Å². The summed E-state index contributed by atoms with van der Waals surface area (Å²) in [5.41, 5.74) is 1.72. The first-order valence-electron chi connectivity index (χ1n) is 9.49. The van der Waals surface area contributed by atoms with Gasteiger partial charge in [0.05, 0.1) is 16.7 Å². The van der Waals surface area contributed by atoms with Crippen LogP contribution in [0.25, 0.3) is 11.0 Å². The number of nitriles is 1. The Bertz CT molecular complexity index is 1390. The number of para-hydroxylation sites is 1. The van der Waals surface area contributed by atoms with Gasteiger partial charge >= 0.3 is 0 Å². The molecule has 1 N–H and O–H groups in total. The summed E-state index contributed by atoms with van der Waals surface area (Å²) in [7, 11) is 0. The molecule has 3 aromatic carbocycles. The van der Waals surface area contributed by atoms with Crippen LogP contribution < -0.4 is 10.1 Å². The van der Waals surface area contributed by atoms with Crippen LogP contribution >= 0.6 is 23.2 Å². The molecule has 4 rings (SSSR count). The Balaban J connectivity index is 1.56. The maximum Gasteiger partial charge on any atom is 0.287 e. The molecule has 32 heavy (non-hydrogen) atoms. The highest BCUT2D eigenvalue weighted by Gasteiger charge is 2.20. The van der Waals surface area contributed by atoms with Gasteiger partial charge in [-0.2, -0.15) is 5.26 Å². The zero-order valence-electron chi connectivity index (χ0n) is 16.7. The lowest BCUT2D eigenvalue weighted by Gasteiger charge is -2.13. The number of amides is 1. The third kappa shape index (κ3) is 4.26. The van der Waals surface area contributed by atoms with Crippen molar-refractivity contribution in [2.24, 2.45) is 0 Å². The lowest BCUT2D eigenvalue weighted by atomic mass is 10.1. The second kappa shape index (κ2) is 8.91. The van der Waals surface area contributed by atoms with Crippen molar-refractivity contribution in [3.63, 3.8) is 0 Å². The number of hydrogen-bond acceptors (Lipinski definition) is 4. The summed E-state index contributed by atoms with van der Waals surface area (Å²) in [4.78, 5) is 12.6. The van der Waals surface area contributed by atoms with Crippen molar-refractivity contribution in [2.75, 3.05) is 0 Å². The fourth-order valence-corrected chi connectivity index (χ4v) is 3.66. The molecule has 4 aromatic rings. The van der Waals surface area contributed by atoms with Crippen LogP contribution in [0.4, 0.5) is 4.39 Å². The molecule has 0 atom stereocenters. The summed E-state index contributed by atoms with van der Waals surface area (Å²) in [6, 6.07) is 16.5. The molecule has 0 aliphatic rings. The van der Waals surface area contributed by atoms with Crippen molar-refractivity contribution >= 4 is 40.1 Å². The van der Waals surface area contributed by atoms with Crippen molar-refractivity contribution in [2.45, 2.75) is 13.5 Å². The normalized spacial score (nSPS) is 10.7. The van der Waals surface area contributed by atoms with Crippen LogP contribution in [0, 0.1) is 24.1 Å². The summed E-state index contributed by atoms with van der Waals surface area (Å²) in [6.45, 7) is 1.67. The standard InChI is InChI=1S/C24H15Cl2FN2O3/c1-13-18-4-2-3-5-20(18)32-22(13)24(30)29-12-15-6-7-19(26)23(21(15)27)31-17-9-14(11-28)8-16(25)10-17/h2-10H,12H2,1H3,(H,29,30). The molecule has 0 spiro atoms. The number of carbonyl (C=O) groups excluding carboxylic acids is 1. The summed E-state index contributed by atoms with van der Waals surface area (Å²) < 4.78 is 26.3. The molecule has 0 saturated heterocycles. The average Bonchev–Trinajstić information content (AvgIpc) is 3.12. The van der Waals surface area contributed by atoms with E-state index in [0.29, 0.717) is 11.1 Å². The molecule has 0 fully saturated rings. The van der Waals surface area contributed by atoms with Gasteiger partial charge in [0, 0.05) is 28.1 Å². The Labute approximate surface area is 192 Å². The number of ether oxygens (including phenoxy) is 1. The van der Waals surface area contributed by atoms with Crippen LogP contribution in [-0.2, 0) is 6.54 Å². The van der Waals surface area contributed by atoms with E-state index in [1.54, 1.807) is 13.0 Å². The second-order valence-electron chi connectivity index (χ2n) is 6.97. The van der Waals surface area contributed by atoms with Gasteiger partial charge in [-0.15, -0.1) is 0 Å².